The minimum Gasteiger partial charge on any atom is -0.437 e. The molecule has 0 spiro atoms. The third-order valence-corrected chi connectivity index (χ3v) is 2.47. The number of nitrogens with two attached hydrogens (primary N) is 1. The van der Waals surface area contributed by atoms with Crippen molar-refractivity contribution in [3.05, 3.63) is 36.2 Å². The average molecular weight is 241 g/mol. The molecule has 0 aliphatic rings. The van der Waals surface area contributed by atoms with Gasteiger partial charge in [-0.25, -0.2) is 4.98 Å². The molecule has 2 heterocycles. The summed E-state index contributed by atoms with van der Waals surface area (Å²) in [7, 11) is 0. The summed E-state index contributed by atoms with van der Waals surface area (Å²) in [5.41, 5.74) is 7.84. The maximum atomic E-state index is 5.71. The topological polar surface area (TPSA) is 89.7 Å². The number of H-pyrrole nitrogens is 1. The summed E-state index contributed by atoms with van der Waals surface area (Å²) in [5, 5.41) is 0. The van der Waals surface area contributed by atoms with Gasteiger partial charge in [0.15, 0.2) is 5.65 Å². The molecular weight excluding hydrogens is 230 g/mol. The average Bonchev–Trinajstić information content (AvgIpc) is 2.77. The van der Waals surface area contributed by atoms with Crippen LogP contribution in [0.1, 0.15) is 5.56 Å². The van der Waals surface area contributed by atoms with Gasteiger partial charge in [0.05, 0.1) is 6.33 Å². The Kier molecular flexibility index (Phi) is 2.33. The van der Waals surface area contributed by atoms with Crippen LogP contribution >= 0.6 is 0 Å². The number of aryl methyl sites for hydroxylation is 1. The van der Waals surface area contributed by atoms with E-state index in [2.05, 4.69) is 19.9 Å². The van der Waals surface area contributed by atoms with E-state index in [-0.39, 0.29) is 5.95 Å². The van der Waals surface area contributed by atoms with Gasteiger partial charge in [-0.3, -0.25) is 0 Å². The third kappa shape index (κ3) is 1.84. The van der Waals surface area contributed by atoms with Gasteiger partial charge in [0.2, 0.25) is 5.95 Å². The lowest BCUT2D eigenvalue weighted by Gasteiger charge is -2.06. The Balaban J connectivity index is 2.06. The molecule has 2 aromatic heterocycles. The van der Waals surface area contributed by atoms with E-state index >= 15 is 0 Å². The molecule has 0 aliphatic carbocycles. The first kappa shape index (κ1) is 10.5. The van der Waals surface area contributed by atoms with Crippen LogP contribution in [0.5, 0.6) is 11.6 Å². The Morgan fingerprint density at radius 2 is 2.17 bits per heavy atom. The number of nitrogen functional groups attached to an aromatic ring is 1. The predicted molar refractivity (Wildman–Crippen MR) is 67.3 cm³/mol. The van der Waals surface area contributed by atoms with Gasteiger partial charge >= 0.3 is 0 Å². The maximum Gasteiger partial charge on any atom is 0.250 e. The van der Waals surface area contributed by atoms with E-state index in [0.717, 1.165) is 5.56 Å². The Morgan fingerprint density at radius 1 is 1.28 bits per heavy atom. The smallest absolute Gasteiger partial charge is 0.250 e. The maximum absolute atomic E-state index is 5.71. The van der Waals surface area contributed by atoms with Crippen LogP contribution in [0.15, 0.2) is 30.6 Å². The van der Waals surface area contributed by atoms with Crippen LogP contribution < -0.4 is 10.5 Å². The second-order valence-electron chi connectivity index (χ2n) is 3.91. The number of rotatable bonds is 2. The van der Waals surface area contributed by atoms with Crippen molar-refractivity contribution in [1.29, 1.82) is 0 Å². The zero-order valence-corrected chi connectivity index (χ0v) is 9.71. The number of ether oxygens (including phenoxy) is 1. The Hall–Kier alpha value is -2.63. The van der Waals surface area contributed by atoms with Gasteiger partial charge in [0, 0.05) is 0 Å². The summed E-state index contributed by atoms with van der Waals surface area (Å²) in [6, 6.07) is 7.68. The van der Waals surface area contributed by atoms with Gasteiger partial charge in [-0.15, -0.1) is 0 Å². The molecule has 3 rings (SSSR count). The number of aromatic amines is 1. The normalized spacial score (nSPS) is 10.7. The molecule has 0 radical (unpaired) electrons. The van der Waals surface area contributed by atoms with E-state index in [4.69, 9.17) is 10.5 Å². The van der Waals surface area contributed by atoms with Crippen LogP contribution in [0.25, 0.3) is 11.2 Å². The van der Waals surface area contributed by atoms with Crippen molar-refractivity contribution in [2.24, 2.45) is 0 Å². The molecule has 0 amide bonds. The van der Waals surface area contributed by atoms with Crippen LogP contribution in [-0.4, -0.2) is 19.9 Å². The van der Waals surface area contributed by atoms with Gasteiger partial charge < -0.3 is 15.5 Å². The van der Waals surface area contributed by atoms with Crippen LogP contribution in [0.3, 0.4) is 0 Å². The Bertz CT molecular complexity index is 707. The second kappa shape index (κ2) is 3.99. The lowest BCUT2D eigenvalue weighted by Crippen LogP contribution is -1.98. The molecule has 1 aromatic carbocycles. The first-order valence-corrected chi connectivity index (χ1v) is 5.43. The van der Waals surface area contributed by atoms with Crippen LogP contribution in [-0.2, 0) is 0 Å². The summed E-state index contributed by atoms with van der Waals surface area (Å²) in [4.78, 5) is 15.0. The molecule has 3 aromatic rings. The molecule has 0 saturated carbocycles. The number of aromatic nitrogens is 4. The summed E-state index contributed by atoms with van der Waals surface area (Å²) in [6.07, 6.45) is 1.53. The molecule has 0 unspecified atom stereocenters. The first-order valence-electron chi connectivity index (χ1n) is 5.43. The largest absolute Gasteiger partial charge is 0.437 e. The molecule has 18 heavy (non-hydrogen) atoms. The molecule has 0 atom stereocenters. The van der Waals surface area contributed by atoms with Crippen molar-refractivity contribution in [2.75, 3.05) is 5.73 Å². The van der Waals surface area contributed by atoms with E-state index < -0.39 is 0 Å². The molecule has 3 N–H and O–H groups in total. The number of benzene rings is 1. The van der Waals surface area contributed by atoms with Gasteiger partial charge in [-0.05, 0) is 24.6 Å². The van der Waals surface area contributed by atoms with E-state index in [1.165, 1.54) is 6.33 Å². The fraction of sp³-hybridized carbons (Fsp3) is 0.0833. The molecule has 6 heteroatoms. The third-order valence-electron chi connectivity index (χ3n) is 2.47. The molecule has 0 saturated heterocycles. The molecule has 0 aliphatic heterocycles. The quantitative estimate of drug-likeness (QED) is 0.716. The number of nitrogens with one attached hydrogen (secondary N) is 1. The number of hydrogen-bond donors (Lipinski definition) is 2. The van der Waals surface area contributed by atoms with Crippen LogP contribution in [0.4, 0.5) is 5.95 Å². The molecule has 0 fully saturated rings. The highest BCUT2D eigenvalue weighted by molar-refractivity contribution is 5.77. The fourth-order valence-corrected chi connectivity index (χ4v) is 1.69. The zero-order chi connectivity index (χ0) is 12.5. The van der Waals surface area contributed by atoms with E-state index in [1.54, 1.807) is 0 Å². The van der Waals surface area contributed by atoms with Crippen LogP contribution in [0.2, 0.25) is 0 Å². The predicted octanol–water partition coefficient (Wildman–Crippen LogP) is 2.04. The van der Waals surface area contributed by atoms with Gasteiger partial charge in [0.1, 0.15) is 11.3 Å². The van der Waals surface area contributed by atoms with E-state index in [0.29, 0.717) is 22.8 Å². The lowest BCUT2D eigenvalue weighted by molar-refractivity contribution is 0.468. The number of imidazole rings is 1. The summed E-state index contributed by atoms with van der Waals surface area (Å²) in [5.74, 6) is 1.21. The van der Waals surface area contributed by atoms with Crippen molar-refractivity contribution >= 4 is 17.1 Å². The minimum atomic E-state index is 0.136. The standard InChI is InChI=1S/C12H11N5O/c1-7-3-2-4-8(5-7)18-11-9-10(15-6-14-9)16-12(13)17-11/h2-6H,1H3,(H3,13,14,15,16,17). The second-order valence-corrected chi connectivity index (χ2v) is 3.91. The molecule has 0 bridgehead atoms. The monoisotopic (exact) mass is 241 g/mol. The number of anilines is 1. The highest BCUT2D eigenvalue weighted by Gasteiger charge is 2.10. The van der Waals surface area contributed by atoms with E-state index in [1.807, 2.05) is 31.2 Å². The lowest BCUT2D eigenvalue weighted by atomic mass is 10.2. The first-order chi connectivity index (χ1) is 8.72. The molecule has 6 nitrogen and oxygen atoms in total. The Labute approximate surface area is 103 Å². The van der Waals surface area contributed by atoms with Crippen molar-refractivity contribution in [1.82, 2.24) is 19.9 Å². The van der Waals surface area contributed by atoms with Gasteiger partial charge in [-0.1, -0.05) is 12.1 Å². The van der Waals surface area contributed by atoms with Gasteiger partial charge in [0.25, 0.3) is 5.88 Å². The molecule has 90 valence electrons. The minimum absolute atomic E-state index is 0.136. The van der Waals surface area contributed by atoms with E-state index in [9.17, 15) is 0 Å². The summed E-state index contributed by atoms with van der Waals surface area (Å²) < 4.78 is 5.71. The highest BCUT2D eigenvalue weighted by atomic mass is 16.5. The Morgan fingerprint density at radius 3 is 3.00 bits per heavy atom. The van der Waals surface area contributed by atoms with Crippen molar-refractivity contribution in [3.8, 4) is 11.6 Å². The van der Waals surface area contributed by atoms with Crippen molar-refractivity contribution < 1.29 is 4.74 Å². The fourth-order valence-electron chi connectivity index (χ4n) is 1.69. The van der Waals surface area contributed by atoms with Gasteiger partial charge in [-0.2, -0.15) is 9.97 Å². The highest BCUT2D eigenvalue weighted by Crippen LogP contribution is 2.26. The number of fused-ring (bicyclic) bond motifs is 1. The zero-order valence-electron chi connectivity index (χ0n) is 9.71. The number of nitrogens with zero attached hydrogens (tertiary/aromatic N) is 3. The summed E-state index contributed by atoms with van der Waals surface area (Å²) >= 11 is 0. The number of hydrogen-bond acceptors (Lipinski definition) is 5. The van der Waals surface area contributed by atoms with Crippen molar-refractivity contribution in [2.45, 2.75) is 6.92 Å². The van der Waals surface area contributed by atoms with Crippen molar-refractivity contribution in [3.63, 3.8) is 0 Å². The summed E-state index contributed by atoms with van der Waals surface area (Å²) in [6.45, 7) is 1.99. The molecular formula is C12H11N5O. The SMILES string of the molecule is Cc1cccc(Oc2nc(N)nc3nc[nH]c23)c1. The van der Waals surface area contributed by atoms with Crippen LogP contribution in [0, 0.1) is 6.92 Å².